The highest BCUT2D eigenvalue weighted by molar-refractivity contribution is 5.61. The van der Waals surface area contributed by atoms with Crippen molar-refractivity contribution in [3.63, 3.8) is 0 Å². The van der Waals surface area contributed by atoms with E-state index in [1.165, 1.54) is 5.56 Å². The van der Waals surface area contributed by atoms with Crippen molar-refractivity contribution in [3.05, 3.63) is 23.1 Å². The van der Waals surface area contributed by atoms with Crippen molar-refractivity contribution in [1.29, 1.82) is 0 Å². The van der Waals surface area contributed by atoms with Gasteiger partial charge in [-0.15, -0.1) is 0 Å². The first-order valence-corrected chi connectivity index (χ1v) is 6.68. The van der Waals surface area contributed by atoms with Crippen molar-refractivity contribution in [2.24, 2.45) is 7.05 Å². The second-order valence-corrected chi connectivity index (χ2v) is 4.58. The topological polar surface area (TPSA) is 55.6 Å². The molecule has 2 heterocycles. The van der Waals surface area contributed by atoms with E-state index in [9.17, 15) is 0 Å². The largest absolute Gasteiger partial charge is 0.373 e. The van der Waals surface area contributed by atoms with Gasteiger partial charge in [-0.1, -0.05) is 13.8 Å². The standard InChI is InChI=1S/C14H21N5/c1-6-10-9(3)16-14(17-13(10)15-4)11-8-19(5)18-12(11)7-2/h8H,6-7H2,1-5H3,(H,15,16,17). The van der Waals surface area contributed by atoms with Crippen LogP contribution in [0.5, 0.6) is 0 Å². The molecule has 2 rings (SSSR count). The lowest BCUT2D eigenvalue weighted by Crippen LogP contribution is -2.05. The van der Waals surface area contributed by atoms with Gasteiger partial charge in [-0.25, -0.2) is 9.97 Å². The summed E-state index contributed by atoms with van der Waals surface area (Å²) in [6, 6.07) is 0. The average molecular weight is 259 g/mol. The summed E-state index contributed by atoms with van der Waals surface area (Å²) in [7, 11) is 3.82. The molecule has 0 aliphatic carbocycles. The molecule has 0 saturated heterocycles. The van der Waals surface area contributed by atoms with Gasteiger partial charge in [-0.05, 0) is 19.8 Å². The lowest BCUT2D eigenvalue weighted by molar-refractivity contribution is 0.746. The van der Waals surface area contributed by atoms with Crippen molar-refractivity contribution >= 4 is 5.82 Å². The van der Waals surface area contributed by atoms with Crippen LogP contribution >= 0.6 is 0 Å². The zero-order chi connectivity index (χ0) is 14.0. The second-order valence-electron chi connectivity index (χ2n) is 4.58. The number of anilines is 1. The molecule has 0 atom stereocenters. The fourth-order valence-corrected chi connectivity index (χ4v) is 2.33. The van der Waals surface area contributed by atoms with Gasteiger partial charge in [0.15, 0.2) is 5.82 Å². The number of aromatic nitrogens is 4. The smallest absolute Gasteiger partial charge is 0.165 e. The molecular formula is C14H21N5. The summed E-state index contributed by atoms with van der Waals surface area (Å²) in [6.07, 6.45) is 3.79. The van der Waals surface area contributed by atoms with E-state index in [-0.39, 0.29) is 0 Å². The van der Waals surface area contributed by atoms with Gasteiger partial charge in [0.2, 0.25) is 0 Å². The number of hydrogen-bond donors (Lipinski definition) is 1. The molecule has 0 radical (unpaired) electrons. The van der Waals surface area contributed by atoms with Gasteiger partial charge in [0.25, 0.3) is 0 Å². The van der Waals surface area contributed by atoms with Crippen molar-refractivity contribution in [3.8, 4) is 11.4 Å². The predicted octanol–water partition coefficient (Wildman–Crippen LogP) is 2.35. The van der Waals surface area contributed by atoms with E-state index in [0.717, 1.165) is 41.4 Å². The monoisotopic (exact) mass is 259 g/mol. The maximum Gasteiger partial charge on any atom is 0.165 e. The van der Waals surface area contributed by atoms with E-state index in [1.54, 1.807) is 0 Å². The Morgan fingerprint density at radius 1 is 1.21 bits per heavy atom. The molecule has 0 amide bonds. The molecule has 5 heteroatoms. The Kier molecular flexibility index (Phi) is 3.83. The van der Waals surface area contributed by atoms with Gasteiger partial charge in [-0.3, -0.25) is 4.68 Å². The highest BCUT2D eigenvalue weighted by Gasteiger charge is 2.15. The predicted molar refractivity (Wildman–Crippen MR) is 77.3 cm³/mol. The van der Waals surface area contributed by atoms with Gasteiger partial charge in [-0.2, -0.15) is 5.10 Å². The van der Waals surface area contributed by atoms with E-state index in [2.05, 4.69) is 34.2 Å². The number of nitrogens with one attached hydrogen (secondary N) is 1. The van der Waals surface area contributed by atoms with E-state index in [0.29, 0.717) is 0 Å². The summed E-state index contributed by atoms with van der Waals surface area (Å²) >= 11 is 0. The lowest BCUT2D eigenvalue weighted by Gasteiger charge is -2.11. The minimum absolute atomic E-state index is 0.754. The average Bonchev–Trinajstić information content (AvgIpc) is 2.78. The molecule has 5 nitrogen and oxygen atoms in total. The molecule has 0 aromatic carbocycles. The van der Waals surface area contributed by atoms with Crippen LogP contribution in [0.4, 0.5) is 5.82 Å². The normalized spacial score (nSPS) is 10.8. The van der Waals surface area contributed by atoms with Crippen LogP contribution in [-0.4, -0.2) is 26.8 Å². The molecule has 0 spiro atoms. The molecular weight excluding hydrogens is 238 g/mol. The molecule has 0 saturated carbocycles. The maximum atomic E-state index is 4.64. The van der Waals surface area contributed by atoms with Crippen LogP contribution < -0.4 is 5.32 Å². The van der Waals surface area contributed by atoms with Crippen molar-refractivity contribution in [2.75, 3.05) is 12.4 Å². The van der Waals surface area contributed by atoms with Crippen LogP contribution in [0.1, 0.15) is 30.8 Å². The molecule has 2 aromatic rings. The van der Waals surface area contributed by atoms with Crippen molar-refractivity contribution in [2.45, 2.75) is 33.6 Å². The van der Waals surface area contributed by atoms with E-state index in [4.69, 9.17) is 0 Å². The van der Waals surface area contributed by atoms with Crippen LogP contribution in [-0.2, 0) is 19.9 Å². The molecule has 102 valence electrons. The molecule has 19 heavy (non-hydrogen) atoms. The van der Waals surface area contributed by atoms with E-state index >= 15 is 0 Å². The molecule has 0 bridgehead atoms. The number of rotatable bonds is 4. The fraction of sp³-hybridized carbons (Fsp3) is 0.500. The van der Waals surface area contributed by atoms with Crippen molar-refractivity contribution < 1.29 is 0 Å². The highest BCUT2D eigenvalue weighted by Crippen LogP contribution is 2.24. The Hall–Kier alpha value is -1.91. The highest BCUT2D eigenvalue weighted by atomic mass is 15.3. The van der Waals surface area contributed by atoms with Gasteiger partial charge in [0.1, 0.15) is 5.82 Å². The Morgan fingerprint density at radius 3 is 2.53 bits per heavy atom. The number of aryl methyl sites for hydroxylation is 3. The Labute approximate surface area is 114 Å². The van der Waals surface area contributed by atoms with Gasteiger partial charge >= 0.3 is 0 Å². The number of hydrogen-bond acceptors (Lipinski definition) is 4. The third kappa shape index (κ3) is 2.45. The minimum Gasteiger partial charge on any atom is -0.373 e. The SMILES string of the molecule is CCc1nn(C)cc1-c1nc(C)c(CC)c(NC)n1. The third-order valence-corrected chi connectivity index (χ3v) is 3.29. The molecule has 2 aromatic heterocycles. The molecule has 1 N–H and O–H groups in total. The van der Waals surface area contributed by atoms with Gasteiger partial charge in [0.05, 0.1) is 11.3 Å². The van der Waals surface area contributed by atoms with Crippen molar-refractivity contribution in [1.82, 2.24) is 19.7 Å². The maximum absolute atomic E-state index is 4.64. The summed E-state index contributed by atoms with van der Waals surface area (Å²) in [4.78, 5) is 9.28. The van der Waals surface area contributed by atoms with Crippen LogP contribution in [0.3, 0.4) is 0 Å². The van der Waals surface area contributed by atoms with Gasteiger partial charge in [0, 0.05) is 31.5 Å². The quantitative estimate of drug-likeness (QED) is 0.915. The third-order valence-electron chi connectivity index (χ3n) is 3.29. The Balaban J connectivity index is 2.59. The summed E-state index contributed by atoms with van der Waals surface area (Å²) in [5.74, 6) is 1.67. The molecule has 0 aliphatic heterocycles. The summed E-state index contributed by atoms with van der Waals surface area (Å²) in [6.45, 7) is 6.25. The summed E-state index contributed by atoms with van der Waals surface area (Å²) < 4.78 is 1.82. The van der Waals surface area contributed by atoms with Crippen LogP contribution in [0.15, 0.2) is 6.20 Å². The molecule has 0 fully saturated rings. The first kappa shape index (κ1) is 13.5. The second kappa shape index (κ2) is 5.38. The number of nitrogens with zero attached hydrogens (tertiary/aromatic N) is 4. The molecule has 0 aliphatic rings. The Morgan fingerprint density at radius 2 is 1.95 bits per heavy atom. The zero-order valence-electron chi connectivity index (χ0n) is 12.3. The van der Waals surface area contributed by atoms with E-state index < -0.39 is 0 Å². The summed E-state index contributed by atoms with van der Waals surface area (Å²) in [5.41, 5.74) is 4.26. The lowest BCUT2D eigenvalue weighted by atomic mass is 10.1. The first-order chi connectivity index (χ1) is 9.10. The minimum atomic E-state index is 0.754. The molecule has 0 unspecified atom stereocenters. The Bertz CT molecular complexity index is 586. The van der Waals surface area contributed by atoms with Crippen LogP contribution in [0, 0.1) is 6.92 Å². The van der Waals surface area contributed by atoms with E-state index in [1.807, 2.05) is 31.9 Å². The van der Waals surface area contributed by atoms with Crippen LogP contribution in [0.2, 0.25) is 0 Å². The van der Waals surface area contributed by atoms with Gasteiger partial charge < -0.3 is 5.32 Å². The first-order valence-electron chi connectivity index (χ1n) is 6.68. The van der Waals surface area contributed by atoms with Crippen LogP contribution in [0.25, 0.3) is 11.4 Å². The fourth-order valence-electron chi connectivity index (χ4n) is 2.33. The zero-order valence-corrected chi connectivity index (χ0v) is 12.3. The summed E-state index contributed by atoms with van der Waals surface area (Å²) in [5, 5.41) is 7.61.